The highest BCUT2D eigenvalue weighted by Gasteiger charge is 2.43. The standard InChI is InChI=1S/C16H24N2O2.C2HF3O2/c1-14(19)18-10-3-2-7-16(18)8-5-9-17(13-16)12-15-6-4-11-20-15;3-2(4,5)1(6)7/h4,6,11H,2-3,5,7-10,12-13H2,1H3;(H,6,7). The lowest BCUT2D eigenvalue weighted by Crippen LogP contribution is -2.61. The number of nitrogens with zero attached hydrogens (tertiary/aromatic N) is 2. The van der Waals surface area contributed by atoms with Crippen LogP contribution in [-0.2, 0) is 16.1 Å². The molecule has 2 saturated heterocycles. The molecule has 9 heteroatoms. The average Bonchev–Trinajstić information content (AvgIpc) is 3.08. The number of amides is 1. The van der Waals surface area contributed by atoms with Crippen molar-refractivity contribution >= 4 is 11.9 Å². The molecule has 0 saturated carbocycles. The van der Waals surface area contributed by atoms with E-state index >= 15 is 0 Å². The molecule has 0 aliphatic carbocycles. The number of hydrogen-bond acceptors (Lipinski definition) is 4. The number of likely N-dealkylation sites (tertiary alicyclic amines) is 2. The number of piperidine rings is 2. The Morgan fingerprint density at radius 1 is 1.22 bits per heavy atom. The number of aliphatic carboxylic acids is 1. The van der Waals surface area contributed by atoms with Gasteiger partial charge >= 0.3 is 12.1 Å². The monoisotopic (exact) mass is 390 g/mol. The second-order valence-corrected chi connectivity index (χ2v) is 7.05. The number of hydrogen-bond donors (Lipinski definition) is 1. The van der Waals surface area contributed by atoms with Crippen molar-refractivity contribution in [3.05, 3.63) is 24.2 Å². The Hall–Kier alpha value is -2.03. The third-order valence-electron chi connectivity index (χ3n) is 5.06. The summed E-state index contributed by atoms with van der Waals surface area (Å²) in [7, 11) is 0. The molecule has 1 aromatic rings. The highest BCUT2D eigenvalue weighted by molar-refractivity contribution is 5.74. The van der Waals surface area contributed by atoms with Crippen LogP contribution in [0.25, 0.3) is 0 Å². The van der Waals surface area contributed by atoms with E-state index in [1.54, 1.807) is 13.2 Å². The van der Waals surface area contributed by atoms with Crippen LogP contribution in [0.1, 0.15) is 44.8 Å². The van der Waals surface area contributed by atoms with E-state index in [0.717, 1.165) is 51.2 Å². The van der Waals surface area contributed by atoms with Gasteiger partial charge in [0.05, 0.1) is 18.3 Å². The van der Waals surface area contributed by atoms with Gasteiger partial charge in [0.15, 0.2) is 0 Å². The highest BCUT2D eigenvalue weighted by atomic mass is 19.4. The van der Waals surface area contributed by atoms with Crippen LogP contribution in [0.15, 0.2) is 22.8 Å². The molecule has 1 atom stereocenters. The predicted molar refractivity (Wildman–Crippen MR) is 90.9 cm³/mol. The lowest BCUT2D eigenvalue weighted by molar-refractivity contribution is -0.192. The van der Waals surface area contributed by atoms with Crippen LogP contribution < -0.4 is 0 Å². The topological polar surface area (TPSA) is 74.0 Å². The van der Waals surface area contributed by atoms with Gasteiger partial charge in [0, 0.05) is 20.0 Å². The number of carbonyl (C=O) groups excluding carboxylic acids is 1. The molecule has 1 aromatic heterocycles. The molecule has 3 heterocycles. The minimum atomic E-state index is -5.08. The van der Waals surface area contributed by atoms with Gasteiger partial charge in [-0.3, -0.25) is 9.69 Å². The number of carbonyl (C=O) groups is 2. The summed E-state index contributed by atoms with van der Waals surface area (Å²) < 4.78 is 37.2. The summed E-state index contributed by atoms with van der Waals surface area (Å²) in [6.45, 7) is 5.62. The van der Waals surface area contributed by atoms with Gasteiger partial charge in [0.1, 0.15) is 5.76 Å². The van der Waals surface area contributed by atoms with Crippen LogP contribution in [0.4, 0.5) is 13.2 Å². The molecule has 3 rings (SSSR count). The number of rotatable bonds is 2. The van der Waals surface area contributed by atoms with Crippen molar-refractivity contribution in [2.75, 3.05) is 19.6 Å². The number of carboxylic acids is 1. The average molecular weight is 390 g/mol. The van der Waals surface area contributed by atoms with Gasteiger partial charge in [-0.25, -0.2) is 4.79 Å². The molecule has 152 valence electrons. The highest BCUT2D eigenvalue weighted by Crippen LogP contribution is 2.36. The number of halogens is 3. The molecule has 0 bridgehead atoms. The molecule has 1 unspecified atom stereocenters. The zero-order valence-electron chi connectivity index (χ0n) is 15.3. The third-order valence-corrected chi connectivity index (χ3v) is 5.06. The summed E-state index contributed by atoms with van der Waals surface area (Å²) in [6.07, 6.45) is 2.53. The van der Waals surface area contributed by atoms with Crippen molar-refractivity contribution in [1.82, 2.24) is 9.80 Å². The van der Waals surface area contributed by atoms with Crippen molar-refractivity contribution in [3.8, 4) is 0 Å². The molecule has 2 aliphatic rings. The first kappa shape index (κ1) is 21.3. The summed E-state index contributed by atoms with van der Waals surface area (Å²) >= 11 is 0. The first-order valence-corrected chi connectivity index (χ1v) is 8.97. The SMILES string of the molecule is CC(=O)N1CCCCC12CCCN(Cc1ccco1)C2.O=C(O)C(F)(F)F. The van der Waals surface area contributed by atoms with Crippen molar-refractivity contribution < 1.29 is 32.3 Å². The normalized spacial score (nSPS) is 23.6. The molecule has 27 heavy (non-hydrogen) atoms. The Labute approximate surface area is 155 Å². The smallest absolute Gasteiger partial charge is 0.475 e. The molecule has 0 radical (unpaired) electrons. The fourth-order valence-corrected chi connectivity index (χ4v) is 3.98. The van der Waals surface area contributed by atoms with Gasteiger partial charge in [-0.1, -0.05) is 0 Å². The van der Waals surface area contributed by atoms with Crippen LogP contribution in [0.2, 0.25) is 0 Å². The maximum atomic E-state index is 12.0. The van der Waals surface area contributed by atoms with Crippen LogP contribution in [-0.4, -0.2) is 58.1 Å². The molecular formula is C18H25F3N2O4. The van der Waals surface area contributed by atoms with Crippen LogP contribution >= 0.6 is 0 Å². The Morgan fingerprint density at radius 3 is 2.44 bits per heavy atom. The quantitative estimate of drug-likeness (QED) is 0.839. The van der Waals surface area contributed by atoms with Gasteiger partial charge in [-0.2, -0.15) is 13.2 Å². The molecule has 1 spiro atoms. The second kappa shape index (κ2) is 8.77. The van der Waals surface area contributed by atoms with Crippen LogP contribution in [0.3, 0.4) is 0 Å². The molecule has 2 aliphatic heterocycles. The third kappa shape index (κ3) is 5.72. The van der Waals surface area contributed by atoms with Gasteiger partial charge in [-0.05, 0) is 50.8 Å². The minimum Gasteiger partial charge on any atom is -0.475 e. The van der Waals surface area contributed by atoms with Crippen molar-refractivity contribution in [3.63, 3.8) is 0 Å². The van der Waals surface area contributed by atoms with Crippen LogP contribution in [0.5, 0.6) is 0 Å². The van der Waals surface area contributed by atoms with E-state index in [9.17, 15) is 18.0 Å². The largest absolute Gasteiger partial charge is 0.490 e. The van der Waals surface area contributed by atoms with E-state index in [1.165, 1.54) is 12.8 Å². The van der Waals surface area contributed by atoms with E-state index < -0.39 is 12.1 Å². The zero-order valence-corrected chi connectivity index (χ0v) is 15.3. The Kier molecular flexibility index (Phi) is 6.91. The van der Waals surface area contributed by atoms with E-state index in [4.69, 9.17) is 14.3 Å². The van der Waals surface area contributed by atoms with Crippen molar-refractivity contribution in [2.45, 2.75) is 57.3 Å². The summed E-state index contributed by atoms with van der Waals surface area (Å²) in [5.74, 6) is -1.50. The van der Waals surface area contributed by atoms with Gasteiger partial charge in [0.2, 0.25) is 5.91 Å². The first-order chi connectivity index (χ1) is 12.6. The van der Waals surface area contributed by atoms with Crippen molar-refractivity contribution in [1.29, 1.82) is 0 Å². The fraction of sp³-hybridized carbons (Fsp3) is 0.667. The molecule has 6 nitrogen and oxygen atoms in total. The number of furan rings is 1. The van der Waals surface area contributed by atoms with Gasteiger partial charge in [-0.15, -0.1) is 0 Å². The fourth-order valence-electron chi connectivity index (χ4n) is 3.98. The zero-order chi connectivity index (χ0) is 20.1. The number of carboxylic acid groups (broad SMARTS) is 1. The Bertz CT molecular complexity index is 629. The lowest BCUT2D eigenvalue weighted by Gasteiger charge is -2.52. The molecular weight excluding hydrogens is 365 g/mol. The first-order valence-electron chi connectivity index (χ1n) is 8.97. The maximum absolute atomic E-state index is 12.0. The number of alkyl halides is 3. The summed E-state index contributed by atoms with van der Waals surface area (Å²) in [4.78, 5) is 25.5. The maximum Gasteiger partial charge on any atom is 0.490 e. The molecule has 1 N–H and O–H groups in total. The van der Waals surface area contributed by atoms with E-state index in [1.807, 2.05) is 12.1 Å². The summed E-state index contributed by atoms with van der Waals surface area (Å²) in [6, 6.07) is 3.97. The Balaban J connectivity index is 0.000000321. The predicted octanol–water partition coefficient (Wildman–Crippen LogP) is 3.28. The minimum absolute atomic E-state index is 0.0783. The summed E-state index contributed by atoms with van der Waals surface area (Å²) in [5, 5.41) is 7.12. The van der Waals surface area contributed by atoms with Gasteiger partial charge < -0.3 is 14.4 Å². The van der Waals surface area contributed by atoms with Crippen molar-refractivity contribution in [2.24, 2.45) is 0 Å². The Morgan fingerprint density at radius 2 is 1.89 bits per heavy atom. The molecule has 0 aromatic carbocycles. The van der Waals surface area contributed by atoms with E-state index in [0.29, 0.717) is 0 Å². The second-order valence-electron chi connectivity index (χ2n) is 7.05. The molecule has 2 fully saturated rings. The summed E-state index contributed by atoms with van der Waals surface area (Å²) in [5.41, 5.74) is 0.0783. The van der Waals surface area contributed by atoms with E-state index in [-0.39, 0.29) is 11.4 Å². The van der Waals surface area contributed by atoms with Gasteiger partial charge in [0.25, 0.3) is 0 Å². The molecule has 1 amide bonds. The lowest BCUT2D eigenvalue weighted by atomic mass is 9.79. The van der Waals surface area contributed by atoms with Crippen LogP contribution in [0, 0.1) is 0 Å². The van der Waals surface area contributed by atoms with E-state index in [2.05, 4.69) is 9.80 Å².